The predicted molar refractivity (Wildman–Crippen MR) is 96.1 cm³/mol. The van der Waals surface area contributed by atoms with E-state index in [9.17, 15) is 10.3 Å². The minimum Gasteiger partial charge on any atom is -0.411 e. The number of nitrogens with zero attached hydrogens (tertiary/aromatic N) is 1. The lowest BCUT2D eigenvalue weighted by Gasteiger charge is -2.60. The number of aliphatic hydroxyl groups excluding tert-OH is 1. The number of rotatable bonds is 0. The van der Waals surface area contributed by atoms with Crippen molar-refractivity contribution in [2.24, 2.45) is 39.7 Å². The van der Waals surface area contributed by atoms with Gasteiger partial charge >= 0.3 is 0 Å². The van der Waals surface area contributed by atoms with Gasteiger partial charge in [-0.2, -0.15) is 0 Å². The standard InChI is InChI=1S/C21H33NO2/c1-4-13-6-8-17-16-7-5-14-11-15(23)9-10-20(14,2)19(16)18(22-24)12-21(13,17)3/h4,14-17,19,23-24H,5-12H2,1-3H3/b13-4-,22-18+/t14-,15+,16-,17-,19+,20-,21+/m0/s1. The fourth-order valence-electron chi connectivity index (χ4n) is 7.51. The summed E-state index contributed by atoms with van der Waals surface area (Å²) >= 11 is 0. The maximum absolute atomic E-state index is 10.2. The van der Waals surface area contributed by atoms with Gasteiger partial charge < -0.3 is 10.3 Å². The molecule has 7 atom stereocenters. The van der Waals surface area contributed by atoms with Crippen LogP contribution in [-0.4, -0.2) is 22.1 Å². The van der Waals surface area contributed by atoms with Gasteiger partial charge in [-0.05, 0) is 86.9 Å². The molecule has 4 rings (SSSR count). The van der Waals surface area contributed by atoms with Crippen LogP contribution < -0.4 is 0 Å². The van der Waals surface area contributed by atoms with Crippen molar-refractivity contribution in [3.05, 3.63) is 11.6 Å². The molecule has 0 aromatic heterocycles. The van der Waals surface area contributed by atoms with Gasteiger partial charge in [0.2, 0.25) is 0 Å². The molecule has 4 fully saturated rings. The van der Waals surface area contributed by atoms with Gasteiger partial charge in [-0.3, -0.25) is 0 Å². The maximum Gasteiger partial charge on any atom is 0.0618 e. The van der Waals surface area contributed by atoms with E-state index in [4.69, 9.17) is 0 Å². The van der Waals surface area contributed by atoms with Crippen LogP contribution in [0, 0.1) is 34.5 Å². The Morgan fingerprint density at radius 3 is 2.67 bits per heavy atom. The zero-order valence-corrected chi connectivity index (χ0v) is 15.5. The Hall–Kier alpha value is -0.830. The maximum atomic E-state index is 10.2. The van der Waals surface area contributed by atoms with Crippen LogP contribution in [0.25, 0.3) is 0 Å². The molecule has 0 aromatic rings. The van der Waals surface area contributed by atoms with Gasteiger partial charge in [0.1, 0.15) is 0 Å². The molecule has 0 bridgehead atoms. The Morgan fingerprint density at radius 2 is 1.96 bits per heavy atom. The predicted octanol–water partition coefficient (Wildman–Crippen LogP) is 4.78. The highest BCUT2D eigenvalue weighted by molar-refractivity contribution is 5.89. The largest absolute Gasteiger partial charge is 0.411 e. The van der Waals surface area contributed by atoms with Gasteiger partial charge in [0.25, 0.3) is 0 Å². The first-order valence-electron chi connectivity index (χ1n) is 9.98. The van der Waals surface area contributed by atoms with Crippen LogP contribution in [0.2, 0.25) is 0 Å². The molecule has 4 aliphatic rings. The first kappa shape index (κ1) is 16.6. The lowest BCUT2D eigenvalue weighted by Crippen LogP contribution is -2.57. The van der Waals surface area contributed by atoms with Crippen molar-refractivity contribution in [2.75, 3.05) is 0 Å². The summed E-state index contributed by atoms with van der Waals surface area (Å²) in [4.78, 5) is 0. The van der Waals surface area contributed by atoms with Gasteiger partial charge in [0, 0.05) is 5.92 Å². The fraction of sp³-hybridized carbons (Fsp3) is 0.857. The zero-order chi connectivity index (χ0) is 17.1. The summed E-state index contributed by atoms with van der Waals surface area (Å²) in [5.41, 5.74) is 3.06. The highest BCUT2D eigenvalue weighted by Gasteiger charge is 2.61. The Bertz CT molecular complexity index is 582. The number of fused-ring (bicyclic) bond motifs is 5. The third kappa shape index (κ3) is 2.09. The third-order valence-electron chi connectivity index (χ3n) is 8.67. The van der Waals surface area contributed by atoms with Gasteiger partial charge in [-0.15, -0.1) is 0 Å². The molecule has 4 aliphatic carbocycles. The van der Waals surface area contributed by atoms with Crippen molar-refractivity contribution in [3.8, 4) is 0 Å². The van der Waals surface area contributed by atoms with Crippen LogP contribution in [0.15, 0.2) is 16.8 Å². The average molecular weight is 332 g/mol. The molecule has 0 radical (unpaired) electrons. The summed E-state index contributed by atoms with van der Waals surface area (Å²) in [6, 6.07) is 0. The Kier molecular flexibility index (Phi) is 3.87. The van der Waals surface area contributed by atoms with Crippen molar-refractivity contribution < 1.29 is 10.3 Å². The summed E-state index contributed by atoms with van der Waals surface area (Å²) in [5.74, 6) is 2.40. The molecule has 2 N–H and O–H groups in total. The van der Waals surface area contributed by atoms with Crippen LogP contribution in [0.3, 0.4) is 0 Å². The Morgan fingerprint density at radius 1 is 1.17 bits per heavy atom. The highest BCUT2D eigenvalue weighted by atomic mass is 16.4. The molecule has 0 heterocycles. The van der Waals surface area contributed by atoms with E-state index >= 15 is 0 Å². The van der Waals surface area contributed by atoms with E-state index in [1.165, 1.54) is 25.7 Å². The van der Waals surface area contributed by atoms with Crippen molar-refractivity contribution >= 4 is 5.71 Å². The normalized spacial score (nSPS) is 54.4. The molecule has 134 valence electrons. The van der Waals surface area contributed by atoms with E-state index in [2.05, 4.69) is 32.0 Å². The van der Waals surface area contributed by atoms with Gasteiger partial charge in [-0.1, -0.05) is 30.7 Å². The van der Waals surface area contributed by atoms with Crippen molar-refractivity contribution in [2.45, 2.75) is 78.2 Å². The number of allylic oxidation sites excluding steroid dienone is 2. The smallest absolute Gasteiger partial charge is 0.0618 e. The molecule has 0 amide bonds. The minimum absolute atomic E-state index is 0.121. The molecule has 0 aromatic carbocycles. The van der Waals surface area contributed by atoms with E-state index in [1.807, 2.05) is 0 Å². The van der Waals surface area contributed by atoms with Gasteiger partial charge in [0.05, 0.1) is 11.8 Å². The quantitative estimate of drug-likeness (QED) is 0.381. The molecular weight excluding hydrogens is 298 g/mol. The Balaban J connectivity index is 1.74. The van der Waals surface area contributed by atoms with Crippen LogP contribution >= 0.6 is 0 Å². The summed E-state index contributed by atoms with van der Waals surface area (Å²) < 4.78 is 0. The van der Waals surface area contributed by atoms with Gasteiger partial charge in [-0.25, -0.2) is 0 Å². The van der Waals surface area contributed by atoms with E-state index in [1.54, 1.807) is 5.57 Å². The second-order valence-corrected chi connectivity index (χ2v) is 9.49. The SMILES string of the molecule is C/C=C1/CC[C@H]2[C@@H]3CC[C@H]4C[C@H](O)CC[C@]4(C)[C@H]3/C(=N/O)C[C@]12C. The molecule has 0 aliphatic heterocycles. The molecule has 0 unspecified atom stereocenters. The first-order chi connectivity index (χ1) is 11.4. The van der Waals surface area contributed by atoms with E-state index < -0.39 is 0 Å². The first-order valence-corrected chi connectivity index (χ1v) is 9.98. The monoisotopic (exact) mass is 331 g/mol. The zero-order valence-electron chi connectivity index (χ0n) is 15.5. The second-order valence-electron chi connectivity index (χ2n) is 9.49. The lowest BCUT2D eigenvalue weighted by molar-refractivity contribution is -0.0768. The lowest BCUT2D eigenvalue weighted by atomic mass is 9.44. The third-order valence-corrected chi connectivity index (χ3v) is 8.67. The second kappa shape index (κ2) is 5.59. The van der Waals surface area contributed by atoms with Crippen LogP contribution in [0.5, 0.6) is 0 Å². The Labute approximate surface area is 146 Å². The molecule has 3 heteroatoms. The van der Waals surface area contributed by atoms with E-state index in [0.717, 1.165) is 37.3 Å². The highest BCUT2D eigenvalue weighted by Crippen LogP contribution is 2.66. The number of hydrogen-bond donors (Lipinski definition) is 2. The molecule has 0 saturated heterocycles. The molecule has 3 nitrogen and oxygen atoms in total. The fourth-order valence-corrected chi connectivity index (χ4v) is 7.51. The van der Waals surface area contributed by atoms with E-state index in [-0.39, 0.29) is 16.9 Å². The van der Waals surface area contributed by atoms with Crippen LogP contribution in [0.1, 0.15) is 72.1 Å². The van der Waals surface area contributed by atoms with Crippen LogP contribution in [0.4, 0.5) is 0 Å². The van der Waals surface area contributed by atoms with Crippen LogP contribution in [-0.2, 0) is 0 Å². The molecule has 4 saturated carbocycles. The molecular formula is C21H33NO2. The minimum atomic E-state index is -0.121. The summed E-state index contributed by atoms with van der Waals surface area (Å²) in [6.07, 6.45) is 11.1. The topological polar surface area (TPSA) is 52.8 Å². The molecule has 24 heavy (non-hydrogen) atoms. The summed E-state index contributed by atoms with van der Waals surface area (Å²) in [5, 5.41) is 23.9. The molecule has 0 spiro atoms. The van der Waals surface area contributed by atoms with Crippen molar-refractivity contribution in [1.29, 1.82) is 0 Å². The van der Waals surface area contributed by atoms with Crippen molar-refractivity contribution in [3.63, 3.8) is 0 Å². The summed E-state index contributed by atoms with van der Waals surface area (Å²) in [7, 11) is 0. The number of oxime groups is 1. The number of aliphatic hydroxyl groups is 1. The van der Waals surface area contributed by atoms with Crippen molar-refractivity contribution in [1.82, 2.24) is 0 Å². The summed E-state index contributed by atoms with van der Waals surface area (Å²) in [6.45, 7) is 7.02. The van der Waals surface area contributed by atoms with E-state index in [0.29, 0.717) is 17.8 Å². The number of hydrogen-bond acceptors (Lipinski definition) is 3. The van der Waals surface area contributed by atoms with Gasteiger partial charge in [0.15, 0.2) is 0 Å². The average Bonchev–Trinajstić information content (AvgIpc) is 2.90.